The highest BCUT2D eigenvalue weighted by molar-refractivity contribution is 9.11. The first-order chi connectivity index (χ1) is 7.37. The van der Waals surface area contributed by atoms with Crippen LogP contribution in [-0.2, 0) is 6.42 Å². The summed E-state index contributed by atoms with van der Waals surface area (Å²) in [6, 6.07) is 4.36. The van der Waals surface area contributed by atoms with Crippen molar-refractivity contribution in [2.75, 3.05) is 6.54 Å². The number of hydrogen-bond donors (Lipinski definition) is 1. The van der Waals surface area contributed by atoms with Gasteiger partial charge < -0.3 is 5.32 Å². The van der Waals surface area contributed by atoms with E-state index in [1.54, 1.807) is 0 Å². The van der Waals surface area contributed by atoms with Crippen molar-refractivity contribution in [1.82, 2.24) is 5.32 Å². The summed E-state index contributed by atoms with van der Waals surface area (Å²) in [5, 5.41) is 3.54. The van der Waals surface area contributed by atoms with Gasteiger partial charge in [0, 0.05) is 10.4 Å². The zero-order valence-corrected chi connectivity index (χ0v) is 13.0. The van der Waals surface area contributed by atoms with Crippen LogP contribution in [0.25, 0.3) is 0 Å². The maximum Gasteiger partial charge on any atom is 0.0701 e. The van der Waals surface area contributed by atoms with E-state index in [2.05, 4.69) is 61.1 Å². The van der Waals surface area contributed by atoms with Crippen LogP contribution >= 0.6 is 27.3 Å². The van der Waals surface area contributed by atoms with Crippen LogP contribution in [0.4, 0.5) is 0 Å². The van der Waals surface area contributed by atoms with Crippen LogP contribution in [0.3, 0.4) is 0 Å². The van der Waals surface area contributed by atoms with E-state index in [4.69, 9.17) is 0 Å². The Morgan fingerprint density at radius 3 is 2.56 bits per heavy atom. The van der Waals surface area contributed by atoms with Gasteiger partial charge in [0.25, 0.3) is 0 Å². The zero-order chi connectivity index (χ0) is 12.2. The fraction of sp³-hybridized carbons (Fsp3) is 0.692. The molecular weight excluding hydrogens is 282 g/mol. The lowest BCUT2D eigenvalue weighted by atomic mass is 10.0. The highest BCUT2D eigenvalue weighted by Gasteiger charge is 2.10. The van der Waals surface area contributed by atoms with Crippen molar-refractivity contribution in [3.8, 4) is 0 Å². The molecule has 16 heavy (non-hydrogen) atoms. The van der Waals surface area contributed by atoms with Gasteiger partial charge >= 0.3 is 0 Å². The Kier molecular flexibility index (Phi) is 5.48. The largest absolute Gasteiger partial charge is 0.312 e. The Bertz CT molecular complexity index is 314. The van der Waals surface area contributed by atoms with Gasteiger partial charge in [0.1, 0.15) is 0 Å². The molecule has 0 aromatic carbocycles. The highest BCUT2D eigenvalue weighted by Crippen LogP contribution is 2.25. The average molecular weight is 304 g/mol. The molecule has 0 radical (unpaired) electrons. The fourth-order valence-corrected chi connectivity index (χ4v) is 3.25. The van der Waals surface area contributed by atoms with Gasteiger partial charge in [-0.05, 0) is 74.1 Å². The Labute approximate surface area is 112 Å². The van der Waals surface area contributed by atoms with E-state index in [1.165, 1.54) is 21.5 Å². The summed E-state index contributed by atoms with van der Waals surface area (Å²) in [6.45, 7) is 10.1. The van der Waals surface area contributed by atoms with Crippen molar-refractivity contribution >= 4 is 27.3 Å². The summed E-state index contributed by atoms with van der Waals surface area (Å²) in [4.78, 5) is 1.48. The summed E-state index contributed by atoms with van der Waals surface area (Å²) in [5.74, 6) is 0.750. The number of thiophene rings is 1. The average Bonchev–Trinajstić information content (AvgIpc) is 2.48. The van der Waals surface area contributed by atoms with E-state index in [-0.39, 0.29) is 5.54 Å². The van der Waals surface area contributed by atoms with Gasteiger partial charge in [-0.15, -0.1) is 11.3 Å². The lowest BCUT2D eigenvalue weighted by molar-refractivity contribution is 0.394. The molecule has 1 atom stereocenters. The van der Waals surface area contributed by atoms with Crippen LogP contribution in [-0.4, -0.2) is 12.1 Å². The van der Waals surface area contributed by atoms with Gasteiger partial charge in [-0.25, -0.2) is 0 Å². The van der Waals surface area contributed by atoms with Gasteiger partial charge in [0.05, 0.1) is 3.79 Å². The van der Waals surface area contributed by atoms with Crippen LogP contribution in [0.15, 0.2) is 15.9 Å². The molecule has 1 N–H and O–H groups in total. The fourth-order valence-electron chi connectivity index (χ4n) is 1.60. The number of nitrogens with one attached hydrogen (secondary N) is 1. The van der Waals surface area contributed by atoms with Crippen molar-refractivity contribution in [1.29, 1.82) is 0 Å². The molecule has 1 aromatic rings. The van der Waals surface area contributed by atoms with E-state index in [0.717, 1.165) is 12.5 Å². The van der Waals surface area contributed by atoms with Crippen LogP contribution in [0.2, 0.25) is 0 Å². The normalized spacial score (nSPS) is 14.1. The second kappa shape index (κ2) is 6.18. The molecule has 1 heterocycles. The van der Waals surface area contributed by atoms with E-state index in [9.17, 15) is 0 Å². The molecule has 0 aliphatic carbocycles. The van der Waals surface area contributed by atoms with Gasteiger partial charge in [0.2, 0.25) is 0 Å². The number of rotatable bonds is 5. The molecule has 0 amide bonds. The predicted octanol–water partition coefficient (Wildman–Crippen LogP) is 4.47. The van der Waals surface area contributed by atoms with Crippen LogP contribution < -0.4 is 5.32 Å². The minimum absolute atomic E-state index is 0.242. The first-order valence-corrected chi connectivity index (χ1v) is 7.47. The molecule has 92 valence electrons. The van der Waals surface area contributed by atoms with E-state index in [1.807, 2.05) is 11.3 Å². The Morgan fingerprint density at radius 1 is 1.38 bits per heavy atom. The molecule has 1 unspecified atom stereocenters. The Balaban J connectivity index is 2.23. The van der Waals surface area contributed by atoms with Crippen molar-refractivity contribution in [3.63, 3.8) is 0 Å². The van der Waals surface area contributed by atoms with E-state index in [0.29, 0.717) is 0 Å². The second-order valence-corrected chi connectivity index (χ2v) is 8.03. The number of halogens is 1. The van der Waals surface area contributed by atoms with Crippen LogP contribution in [0.5, 0.6) is 0 Å². The molecule has 3 heteroatoms. The maximum atomic E-state index is 3.54. The number of hydrogen-bond acceptors (Lipinski definition) is 2. The van der Waals surface area contributed by atoms with E-state index < -0.39 is 0 Å². The first-order valence-electron chi connectivity index (χ1n) is 5.86. The molecule has 1 aromatic heterocycles. The monoisotopic (exact) mass is 303 g/mol. The van der Waals surface area contributed by atoms with Crippen LogP contribution in [0, 0.1) is 5.92 Å². The highest BCUT2D eigenvalue weighted by atomic mass is 79.9. The maximum absolute atomic E-state index is 3.54. The lowest BCUT2D eigenvalue weighted by Crippen LogP contribution is -2.36. The summed E-state index contributed by atoms with van der Waals surface area (Å²) >= 11 is 5.36. The molecule has 0 fully saturated rings. The van der Waals surface area contributed by atoms with Gasteiger partial charge in [-0.1, -0.05) is 6.92 Å². The molecule has 0 bridgehead atoms. The third kappa shape index (κ3) is 6.02. The second-order valence-electron chi connectivity index (χ2n) is 5.48. The molecular formula is C13H22BrNS. The molecule has 0 spiro atoms. The van der Waals surface area contributed by atoms with Crippen molar-refractivity contribution in [2.45, 2.75) is 46.1 Å². The van der Waals surface area contributed by atoms with Gasteiger partial charge in [0.15, 0.2) is 0 Å². The third-order valence-corrected chi connectivity index (χ3v) is 4.12. The molecule has 1 nitrogen and oxygen atoms in total. The molecule has 0 saturated heterocycles. The SMILES string of the molecule is CC(CCNC(C)(C)C)Cc1ccc(Br)s1. The van der Waals surface area contributed by atoms with Crippen molar-refractivity contribution in [3.05, 3.63) is 20.8 Å². The Hall–Kier alpha value is 0.140. The minimum Gasteiger partial charge on any atom is -0.312 e. The molecule has 0 saturated carbocycles. The molecule has 0 aliphatic rings. The Morgan fingerprint density at radius 2 is 2.06 bits per heavy atom. The summed E-state index contributed by atoms with van der Waals surface area (Å²) in [7, 11) is 0. The summed E-state index contributed by atoms with van der Waals surface area (Å²) in [5.41, 5.74) is 0.242. The topological polar surface area (TPSA) is 12.0 Å². The summed E-state index contributed by atoms with van der Waals surface area (Å²) < 4.78 is 1.24. The third-order valence-electron chi connectivity index (χ3n) is 2.47. The van der Waals surface area contributed by atoms with Crippen LogP contribution in [0.1, 0.15) is 39.0 Å². The molecule has 0 aliphatic heterocycles. The van der Waals surface area contributed by atoms with Gasteiger partial charge in [-0.2, -0.15) is 0 Å². The minimum atomic E-state index is 0.242. The predicted molar refractivity (Wildman–Crippen MR) is 77.3 cm³/mol. The lowest BCUT2D eigenvalue weighted by Gasteiger charge is -2.21. The first kappa shape index (κ1) is 14.2. The summed E-state index contributed by atoms with van der Waals surface area (Å²) in [6.07, 6.45) is 2.44. The van der Waals surface area contributed by atoms with E-state index >= 15 is 0 Å². The van der Waals surface area contributed by atoms with Crippen molar-refractivity contribution in [2.24, 2.45) is 5.92 Å². The quantitative estimate of drug-likeness (QED) is 0.846. The zero-order valence-electron chi connectivity index (χ0n) is 10.6. The van der Waals surface area contributed by atoms with Crippen molar-refractivity contribution < 1.29 is 0 Å². The standard InChI is InChI=1S/C13H22BrNS/c1-10(7-8-15-13(2,3)4)9-11-5-6-12(14)16-11/h5-6,10,15H,7-9H2,1-4H3. The molecule has 1 rings (SSSR count). The smallest absolute Gasteiger partial charge is 0.0701 e. The van der Waals surface area contributed by atoms with Gasteiger partial charge in [-0.3, -0.25) is 0 Å².